The second-order valence-corrected chi connectivity index (χ2v) is 10.7. The Kier molecular flexibility index (Phi) is 8.30. The van der Waals surface area contributed by atoms with Gasteiger partial charge in [0.15, 0.2) is 0 Å². The van der Waals surface area contributed by atoms with Crippen molar-refractivity contribution in [2.75, 3.05) is 37.6 Å². The van der Waals surface area contributed by atoms with Crippen LogP contribution in [0.1, 0.15) is 42.0 Å². The summed E-state index contributed by atoms with van der Waals surface area (Å²) < 4.78 is 54.4. The van der Waals surface area contributed by atoms with Gasteiger partial charge in [-0.1, -0.05) is 35.9 Å². The molecular weight excluding hydrogens is 573 g/mol. The summed E-state index contributed by atoms with van der Waals surface area (Å²) in [5.41, 5.74) is 2.74. The Hall–Kier alpha value is -3.89. The molecule has 1 amide bonds. The molecule has 3 aromatic rings. The number of benzene rings is 3. The number of fused-ring (bicyclic) bond motifs is 2. The lowest BCUT2D eigenvalue weighted by Gasteiger charge is -2.28. The van der Waals surface area contributed by atoms with Gasteiger partial charge in [-0.25, -0.2) is 0 Å². The van der Waals surface area contributed by atoms with Crippen molar-refractivity contribution >= 4 is 35.0 Å². The third-order valence-corrected chi connectivity index (χ3v) is 7.72. The van der Waals surface area contributed by atoms with Crippen molar-refractivity contribution in [3.63, 3.8) is 0 Å². The molecule has 1 atom stereocenters. The molecule has 1 aliphatic carbocycles. The normalized spacial score (nSPS) is 15.9. The number of carbonyl (C=O) groups excluding carboxylic acids is 1. The van der Waals surface area contributed by atoms with Gasteiger partial charge in [0.2, 0.25) is 0 Å². The summed E-state index contributed by atoms with van der Waals surface area (Å²) in [4.78, 5) is 16.0. The first-order chi connectivity index (χ1) is 20.1. The van der Waals surface area contributed by atoms with Crippen LogP contribution in [-0.4, -0.2) is 44.7 Å². The average Bonchev–Trinajstić information content (AvgIpc) is 3.66. The highest BCUT2D eigenvalue weighted by Gasteiger charge is 2.54. The molecule has 1 fully saturated rings. The Balaban J connectivity index is 1.57. The highest BCUT2D eigenvalue weighted by molar-refractivity contribution is 6.30. The van der Waals surface area contributed by atoms with Crippen molar-refractivity contribution in [2.24, 2.45) is 0 Å². The van der Waals surface area contributed by atoms with Crippen molar-refractivity contribution in [2.45, 2.75) is 37.1 Å². The molecule has 0 saturated heterocycles. The summed E-state index contributed by atoms with van der Waals surface area (Å²) in [5.74, 6) is 0.131. The number of hydrogen-bond donors (Lipinski definition) is 2. The number of hydrogen-bond acceptors (Lipinski definition) is 6. The number of nitrogens with one attached hydrogen (secondary N) is 1. The summed E-state index contributed by atoms with van der Waals surface area (Å²) in [5, 5.41) is 12.9. The van der Waals surface area contributed by atoms with Crippen LogP contribution in [0.3, 0.4) is 0 Å². The van der Waals surface area contributed by atoms with Gasteiger partial charge in [-0.3, -0.25) is 4.79 Å². The number of methoxy groups -OCH3 is 2. The van der Waals surface area contributed by atoms with Crippen LogP contribution in [-0.2, 0) is 10.2 Å². The summed E-state index contributed by atoms with van der Waals surface area (Å²) in [7, 11) is 3.00. The van der Waals surface area contributed by atoms with Gasteiger partial charge in [-0.15, -0.1) is 13.2 Å². The Labute approximate surface area is 246 Å². The Bertz CT molecular complexity index is 1510. The Morgan fingerprint density at radius 2 is 1.88 bits per heavy atom. The number of amides is 1. The fraction of sp³-hybridized carbons (Fsp3) is 0.323. The predicted octanol–water partition coefficient (Wildman–Crippen LogP) is 6.88. The third-order valence-electron chi connectivity index (χ3n) is 7.48. The van der Waals surface area contributed by atoms with Crippen LogP contribution in [0.4, 0.5) is 24.5 Å². The van der Waals surface area contributed by atoms with E-state index >= 15 is 0 Å². The maximum Gasteiger partial charge on any atom is 0.573 e. The monoisotopic (exact) mass is 602 g/mol. The molecule has 1 spiro atoms. The molecule has 3 aromatic carbocycles. The van der Waals surface area contributed by atoms with Crippen LogP contribution >= 0.6 is 11.6 Å². The quantitative estimate of drug-likeness (QED) is 0.263. The molecule has 0 aromatic heterocycles. The minimum Gasteiger partial charge on any atom is -0.497 e. The number of anilines is 2. The molecule has 2 N–H and O–H groups in total. The molecule has 1 aliphatic heterocycles. The molecule has 42 heavy (non-hydrogen) atoms. The lowest BCUT2D eigenvalue weighted by atomic mass is 9.99. The maximum atomic E-state index is 14.5. The van der Waals surface area contributed by atoms with E-state index in [1.165, 1.54) is 31.3 Å². The molecule has 11 heteroatoms. The zero-order chi connectivity index (χ0) is 30.1. The molecule has 0 radical (unpaired) electrons. The number of rotatable bonds is 10. The van der Waals surface area contributed by atoms with E-state index in [2.05, 4.69) is 10.1 Å². The van der Waals surface area contributed by atoms with Crippen LogP contribution in [0.5, 0.6) is 17.2 Å². The van der Waals surface area contributed by atoms with Gasteiger partial charge in [0.05, 0.1) is 19.9 Å². The van der Waals surface area contributed by atoms with Gasteiger partial charge in [0.1, 0.15) is 23.3 Å². The fourth-order valence-corrected chi connectivity index (χ4v) is 5.52. The van der Waals surface area contributed by atoms with E-state index < -0.39 is 18.2 Å². The van der Waals surface area contributed by atoms with E-state index in [-0.39, 0.29) is 17.9 Å². The SMILES string of the molecule is COc1cc(/C=C/CCO)cc(NC(C(=O)N2CC3(CC3)c3ccc(OC(F)(F)F)cc32)c2ccc(Cl)cc2OC)c1. The topological polar surface area (TPSA) is 80.3 Å². The zero-order valence-electron chi connectivity index (χ0n) is 23.0. The number of alkyl halides is 3. The number of halogens is 4. The first-order valence-corrected chi connectivity index (χ1v) is 13.7. The summed E-state index contributed by atoms with van der Waals surface area (Å²) in [6.07, 6.45) is 0.907. The van der Waals surface area contributed by atoms with Crippen LogP contribution in [0.15, 0.2) is 60.7 Å². The van der Waals surface area contributed by atoms with Crippen molar-refractivity contribution < 1.29 is 37.3 Å². The van der Waals surface area contributed by atoms with Gasteiger partial charge in [0.25, 0.3) is 5.91 Å². The van der Waals surface area contributed by atoms with E-state index in [1.54, 1.807) is 30.3 Å². The van der Waals surface area contributed by atoms with Crippen LogP contribution < -0.4 is 24.4 Å². The third kappa shape index (κ3) is 6.29. The van der Waals surface area contributed by atoms with Gasteiger partial charge >= 0.3 is 6.36 Å². The predicted molar refractivity (Wildman–Crippen MR) is 154 cm³/mol. The van der Waals surface area contributed by atoms with Crippen molar-refractivity contribution in [1.82, 2.24) is 0 Å². The number of carbonyl (C=O) groups is 1. The standard InChI is InChI=1S/C31H30ClF3N2O5/c1-40-23-14-19(5-3-4-12-38)13-21(16-23)36-28(24-8-6-20(32)15-27(24)41-2)29(39)37-18-30(10-11-30)25-9-7-22(17-26(25)37)42-31(33,34)35/h3,5-9,13-17,28,36,38H,4,10-12,18H2,1-2H3/b5-3+. The lowest BCUT2D eigenvalue weighted by Crippen LogP contribution is -2.38. The largest absolute Gasteiger partial charge is 0.573 e. The Morgan fingerprint density at radius 3 is 2.55 bits per heavy atom. The zero-order valence-corrected chi connectivity index (χ0v) is 23.8. The minimum atomic E-state index is -4.87. The van der Waals surface area contributed by atoms with Gasteiger partial charge in [0, 0.05) is 47.0 Å². The first-order valence-electron chi connectivity index (χ1n) is 13.3. The van der Waals surface area contributed by atoms with Crippen LogP contribution in [0.25, 0.3) is 6.08 Å². The number of ether oxygens (including phenoxy) is 3. The molecule has 0 bridgehead atoms. The van der Waals surface area contributed by atoms with E-state index in [9.17, 15) is 18.0 Å². The molecular formula is C31H30ClF3N2O5. The van der Waals surface area contributed by atoms with Crippen molar-refractivity contribution in [3.05, 3.63) is 82.4 Å². The van der Waals surface area contributed by atoms with Gasteiger partial charge < -0.3 is 29.5 Å². The second-order valence-electron chi connectivity index (χ2n) is 10.3. The fourth-order valence-electron chi connectivity index (χ4n) is 5.36. The second kappa shape index (κ2) is 11.8. The molecule has 1 saturated carbocycles. The highest BCUT2D eigenvalue weighted by atomic mass is 35.5. The van der Waals surface area contributed by atoms with E-state index in [0.717, 1.165) is 24.0 Å². The van der Waals surface area contributed by atoms with Crippen molar-refractivity contribution in [3.8, 4) is 17.2 Å². The van der Waals surface area contributed by atoms with Gasteiger partial charge in [-0.05, 0) is 60.7 Å². The number of nitrogens with zero attached hydrogens (tertiary/aromatic N) is 1. The van der Waals surface area contributed by atoms with Gasteiger partial charge in [-0.2, -0.15) is 0 Å². The highest BCUT2D eigenvalue weighted by Crippen LogP contribution is 2.57. The molecule has 222 valence electrons. The van der Waals surface area contributed by atoms with Crippen LogP contribution in [0, 0.1) is 0 Å². The minimum absolute atomic E-state index is 0.00698. The maximum absolute atomic E-state index is 14.5. The molecule has 1 unspecified atom stereocenters. The van der Waals surface area contributed by atoms with E-state index in [4.69, 9.17) is 26.2 Å². The van der Waals surface area contributed by atoms with Crippen molar-refractivity contribution in [1.29, 1.82) is 0 Å². The van der Waals surface area contributed by atoms with Crippen LogP contribution in [0.2, 0.25) is 5.02 Å². The van der Waals surface area contributed by atoms with E-state index in [1.807, 2.05) is 24.3 Å². The van der Waals surface area contributed by atoms with E-state index in [0.29, 0.717) is 46.4 Å². The average molecular weight is 603 g/mol. The molecule has 7 nitrogen and oxygen atoms in total. The smallest absolute Gasteiger partial charge is 0.497 e. The Morgan fingerprint density at radius 1 is 1.10 bits per heavy atom. The molecule has 2 aliphatic rings. The summed E-state index contributed by atoms with van der Waals surface area (Å²) in [6.45, 7) is 0.338. The lowest BCUT2D eigenvalue weighted by molar-refractivity contribution is -0.274. The first kappa shape index (κ1) is 29.6. The molecule has 5 rings (SSSR count). The molecule has 1 heterocycles. The summed E-state index contributed by atoms with van der Waals surface area (Å²) >= 11 is 6.23. The summed E-state index contributed by atoms with van der Waals surface area (Å²) in [6, 6.07) is 13.5. The number of aliphatic hydroxyl groups excluding tert-OH is 1. The number of aliphatic hydroxyl groups is 1.